The topological polar surface area (TPSA) is 58.8 Å². The highest BCUT2D eigenvalue weighted by Crippen LogP contribution is 2.27. The number of aromatic nitrogens is 1. The van der Waals surface area contributed by atoms with Crippen molar-refractivity contribution in [3.05, 3.63) is 41.5 Å². The van der Waals surface area contributed by atoms with Gasteiger partial charge in [-0.05, 0) is 19.1 Å². The Kier molecular flexibility index (Phi) is 4.50. The molecular weight excluding hydrogens is 337 g/mol. The van der Waals surface area contributed by atoms with E-state index in [1.165, 1.54) is 6.07 Å². The summed E-state index contributed by atoms with van der Waals surface area (Å²) < 4.78 is 25.5. The summed E-state index contributed by atoms with van der Waals surface area (Å²) in [5, 5.41) is 0. The zero-order valence-electron chi connectivity index (χ0n) is 14.9. The molecule has 2 atom stereocenters. The van der Waals surface area contributed by atoms with E-state index in [-0.39, 0.29) is 23.9 Å². The Hall–Kier alpha value is -2.25. The molecule has 0 unspecified atom stereocenters. The molecule has 4 rings (SSSR count). The molecule has 1 aromatic heterocycles. The molecule has 2 aromatic rings. The van der Waals surface area contributed by atoms with Crippen LogP contribution in [0.3, 0.4) is 0 Å². The number of rotatable bonds is 3. The van der Waals surface area contributed by atoms with Gasteiger partial charge in [-0.15, -0.1) is 0 Å². The molecule has 138 valence electrons. The number of ether oxygens (including phenoxy) is 1. The van der Waals surface area contributed by atoms with Crippen LogP contribution in [0, 0.1) is 12.7 Å². The third-order valence-corrected chi connectivity index (χ3v) is 5.22. The molecule has 0 saturated carbocycles. The summed E-state index contributed by atoms with van der Waals surface area (Å²) in [4.78, 5) is 20.5. The number of benzene rings is 1. The van der Waals surface area contributed by atoms with Crippen molar-refractivity contribution in [1.29, 1.82) is 0 Å². The number of likely N-dealkylation sites (tertiary alicyclic amines) is 1. The first-order valence-corrected chi connectivity index (χ1v) is 8.83. The molecule has 0 aliphatic carbocycles. The van der Waals surface area contributed by atoms with Gasteiger partial charge in [0.2, 0.25) is 11.8 Å². The van der Waals surface area contributed by atoms with Crippen molar-refractivity contribution in [2.24, 2.45) is 0 Å². The number of fused-ring (bicyclic) bond motifs is 1. The molecule has 7 heteroatoms. The quantitative estimate of drug-likeness (QED) is 0.841. The van der Waals surface area contributed by atoms with E-state index in [0.717, 1.165) is 18.8 Å². The zero-order chi connectivity index (χ0) is 18.3. The first kappa shape index (κ1) is 17.2. The molecule has 0 bridgehead atoms. The third-order valence-electron chi connectivity index (χ3n) is 5.22. The minimum absolute atomic E-state index is 0.0182. The summed E-state index contributed by atoms with van der Waals surface area (Å²) >= 11 is 0. The number of hydrogen-bond acceptors (Lipinski definition) is 5. The van der Waals surface area contributed by atoms with Crippen molar-refractivity contribution in [2.45, 2.75) is 32.0 Å². The van der Waals surface area contributed by atoms with Gasteiger partial charge in [0.25, 0.3) is 0 Å². The van der Waals surface area contributed by atoms with Gasteiger partial charge in [-0.1, -0.05) is 12.1 Å². The zero-order valence-corrected chi connectivity index (χ0v) is 14.9. The number of aryl methyl sites for hydroxylation is 1. The van der Waals surface area contributed by atoms with Crippen LogP contribution in [-0.2, 0) is 16.1 Å². The monoisotopic (exact) mass is 359 g/mol. The van der Waals surface area contributed by atoms with Gasteiger partial charge in [-0.2, -0.15) is 0 Å². The highest BCUT2D eigenvalue weighted by Gasteiger charge is 2.40. The average molecular weight is 359 g/mol. The van der Waals surface area contributed by atoms with Gasteiger partial charge in [0, 0.05) is 26.7 Å². The van der Waals surface area contributed by atoms with Crippen molar-refractivity contribution < 1.29 is 18.3 Å². The Morgan fingerprint density at radius 2 is 2.12 bits per heavy atom. The maximum absolute atomic E-state index is 14.0. The van der Waals surface area contributed by atoms with Gasteiger partial charge in [-0.25, -0.2) is 9.37 Å². The minimum Gasteiger partial charge on any atom is -0.441 e. The molecule has 6 nitrogen and oxygen atoms in total. The van der Waals surface area contributed by atoms with Gasteiger partial charge < -0.3 is 14.1 Å². The van der Waals surface area contributed by atoms with Crippen molar-refractivity contribution in [3.63, 3.8) is 0 Å². The number of amides is 1. The lowest BCUT2D eigenvalue weighted by Crippen LogP contribution is -2.42. The number of carbonyl (C=O) groups excluding carboxylic acids is 1. The normalized spacial score (nSPS) is 24.0. The summed E-state index contributed by atoms with van der Waals surface area (Å²) in [6.07, 6.45) is 0.461. The highest BCUT2D eigenvalue weighted by molar-refractivity contribution is 5.76. The summed E-state index contributed by atoms with van der Waals surface area (Å²) in [6.45, 7) is 4.37. The number of likely N-dealkylation sites (N-methyl/N-ethyl adjacent to an activating group) is 1. The Balaban J connectivity index is 1.50. The number of oxazole rings is 1. The summed E-state index contributed by atoms with van der Waals surface area (Å²) in [7, 11) is 1.84. The molecule has 1 aromatic carbocycles. The smallest absolute Gasteiger partial charge is 0.229 e. The minimum atomic E-state index is -0.350. The lowest BCUT2D eigenvalue weighted by atomic mass is 10.2. The van der Waals surface area contributed by atoms with Crippen LogP contribution in [0.15, 0.2) is 28.7 Å². The van der Waals surface area contributed by atoms with Gasteiger partial charge in [0.1, 0.15) is 11.6 Å². The van der Waals surface area contributed by atoms with Crippen LogP contribution in [-0.4, -0.2) is 59.6 Å². The second kappa shape index (κ2) is 6.81. The Bertz CT molecular complexity index is 822. The van der Waals surface area contributed by atoms with E-state index >= 15 is 0 Å². The fourth-order valence-corrected chi connectivity index (χ4v) is 3.69. The van der Waals surface area contributed by atoms with Crippen molar-refractivity contribution in [1.82, 2.24) is 14.8 Å². The van der Waals surface area contributed by atoms with Crippen molar-refractivity contribution in [3.8, 4) is 11.5 Å². The molecule has 0 N–H and O–H groups in total. The first-order valence-electron chi connectivity index (χ1n) is 8.83. The molecule has 0 radical (unpaired) electrons. The predicted octanol–water partition coefficient (Wildman–Crippen LogP) is 2.22. The van der Waals surface area contributed by atoms with Crippen LogP contribution in [0.1, 0.15) is 17.9 Å². The van der Waals surface area contributed by atoms with Crippen LogP contribution in [0.25, 0.3) is 11.5 Å². The SMILES string of the molecule is Cc1oc(-c2ccccc2F)nc1CN1C[C@@H]2OCCC(=O)N(C)[C@H]2C1. The number of halogens is 1. The van der Waals surface area contributed by atoms with Crippen molar-refractivity contribution >= 4 is 5.91 Å². The molecule has 2 aliphatic rings. The fourth-order valence-electron chi connectivity index (χ4n) is 3.69. The van der Waals surface area contributed by atoms with Crippen LogP contribution < -0.4 is 0 Å². The molecule has 2 fully saturated rings. The Morgan fingerprint density at radius 1 is 1.31 bits per heavy atom. The molecule has 0 spiro atoms. The van der Waals surface area contributed by atoms with Gasteiger partial charge in [0.05, 0.1) is 36.4 Å². The highest BCUT2D eigenvalue weighted by atomic mass is 19.1. The first-order chi connectivity index (χ1) is 12.5. The second-order valence-electron chi connectivity index (χ2n) is 6.93. The molecule has 1 amide bonds. The molecule has 26 heavy (non-hydrogen) atoms. The molecular formula is C19H22FN3O3. The van der Waals surface area contributed by atoms with Gasteiger partial charge >= 0.3 is 0 Å². The number of hydrogen-bond donors (Lipinski definition) is 0. The van der Waals surface area contributed by atoms with Crippen molar-refractivity contribution in [2.75, 3.05) is 26.7 Å². The summed E-state index contributed by atoms with van der Waals surface area (Å²) in [6, 6.07) is 6.51. The third kappa shape index (κ3) is 3.12. The van der Waals surface area contributed by atoms with Crippen LogP contribution in [0.2, 0.25) is 0 Å². The summed E-state index contributed by atoms with van der Waals surface area (Å²) in [5.41, 5.74) is 1.15. The largest absolute Gasteiger partial charge is 0.441 e. The van der Waals surface area contributed by atoms with E-state index in [0.29, 0.717) is 36.8 Å². The van der Waals surface area contributed by atoms with Crippen LogP contribution in [0.5, 0.6) is 0 Å². The lowest BCUT2D eigenvalue weighted by Gasteiger charge is -2.25. The maximum atomic E-state index is 14.0. The molecule has 2 saturated heterocycles. The maximum Gasteiger partial charge on any atom is 0.229 e. The number of carbonyl (C=O) groups is 1. The predicted molar refractivity (Wildman–Crippen MR) is 92.8 cm³/mol. The van der Waals surface area contributed by atoms with E-state index in [2.05, 4.69) is 9.88 Å². The fraction of sp³-hybridized carbons (Fsp3) is 0.474. The Labute approximate surface area is 151 Å². The van der Waals surface area contributed by atoms with Gasteiger partial charge in [0.15, 0.2) is 0 Å². The lowest BCUT2D eigenvalue weighted by molar-refractivity contribution is -0.131. The van der Waals surface area contributed by atoms with E-state index in [9.17, 15) is 9.18 Å². The second-order valence-corrected chi connectivity index (χ2v) is 6.93. The standard InChI is InChI=1S/C19H22FN3O3/c1-12-15(21-19(26-12)13-5-3-4-6-14(13)20)9-23-10-16-17(11-23)25-8-7-18(24)22(16)2/h3-6,16-17H,7-11H2,1-2H3/t16-,17-/m0/s1. The van der Waals surface area contributed by atoms with E-state index < -0.39 is 0 Å². The molecule has 2 aliphatic heterocycles. The van der Waals surface area contributed by atoms with Crippen LogP contribution >= 0.6 is 0 Å². The Morgan fingerprint density at radius 3 is 2.92 bits per heavy atom. The van der Waals surface area contributed by atoms with Crippen LogP contribution in [0.4, 0.5) is 4.39 Å². The van der Waals surface area contributed by atoms with E-state index in [1.807, 2.05) is 14.0 Å². The number of nitrogens with zero attached hydrogens (tertiary/aromatic N) is 3. The average Bonchev–Trinajstić information content (AvgIpc) is 3.15. The van der Waals surface area contributed by atoms with Gasteiger partial charge in [-0.3, -0.25) is 9.69 Å². The van der Waals surface area contributed by atoms with E-state index in [4.69, 9.17) is 9.15 Å². The molecule has 3 heterocycles. The van der Waals surface area contributed by atoms with E-state index in [1.54, 1.807) is 23.1 Å². The summed E-state index contributed by atoms with van der Waals surface area (Å²) in [5.74, 6) is 0.754.